The van der Waals surface area contributed by atoms with Crippen molar-refractivity contribution in [3.05, 3.63) is 66.7 Å². The van der Waals surface area contributed by atoms with Crippen LogP contribution < -0.4 is 5.32 Å². The molecule has 0 bridgehead atoms. The lowest BCUT2D eigenvalue weighted by Gasteiger charge is -2.24. The monoisotopic (exact) mass is 381 g/mol. The largest absolute Gasteiger partial charge is 0.325 e. The minimum Gasteiger partial charge on any atom is -0.325 e. The van der Waals surface area contributed by atoms with E-state index in [1.807, 2.05) is 54.6 Å². The maximum atomic E-state index is 12.3. The molecule has 1 atom stereocenters. The third kappa shape index (κ3) is 4.96. The molecule has 0 fully saturated rings. The maximum Gasteiger partial charge on any atom is 0.238 e. The topological polar surface area (TPSA) is 63.1 Å². The quantitative estimate of drug-likeness (QED) is 0.633. The molecule has 0 saturated carbocycles. The molecule has 0 spiro atoms. The van der Waals surface area contributed by atoms with Gasteiger partial charge < -0.3 is 5.32 Å². The van der Waals surface area contributed by atoms with Gasteiger partial charge in [-0.2, -0.15) is 5.10 Å². The number of nitrogens with one attached hydrogen (secondary N) is 1. The molecule has 3 rings (SSSR count). The zero-order valence-corrected chi connectivity index (χ0v) is 16.5. The highest BCUT2D eigenvalue weighted by molar-refractivity contribution is 7.98. The zero-order chi connectivity index (χ0) is 19.2. The summed E-state index contributed by atoms with van der Waals surface area (Å²) in [7, 11) is 1.95. The fraction of sp³-hybridized carbons (Fsp3) is 0.250. The molecule has 1 heterocycles. The molecule has 7 heteroatoms. The lowest BCUT2D eigenvalue weighted by atomic mass is 10.1. The Bertz CT molecular complexity index is 862. The van der Waals surface area contributed by atoms with E-state index in [-0.39, 0.29) is 11.9 Å². The predicted molar refractivity (Wildman–Crippen MR) is 109 cm³/mol. The average Bonchev–Trinajstić information content (AvgIpc) is 3.23. The summed E-state index contributed by atoms with van der Waals surface area (Å²) < 4.78 is 1.72. The smallest absolute Gasteiger partial charge is 0.238 e. The van der Waals surface area contributed by atoms with Gasteiger partial charge in [-0.25, -0.2) is 9.67 Å². The SMILES string of the molecule is CSc1ccc(NC(=O)CN(C)C(C)c2ccc(-n3cncn3)cc2)cc1. The molecule has 1 amide bonds. The molecule has 0 saturated heterocycles. The summed E-state index contributed by atoms with van der Waals surface area (Å²) in [5, 5.41) is 7.08. The zero-order valence-electron chi connectivity index (χ0n) is 15.7. The summed E-state index contributed by atoms with van der Waals surface area (Å²) in [5.41, 5.74) is 2.91. The van der Waals surface area contributed by atoms with Crippen molar-refractivity contribution in [3.63, 3.8) is 0 Å². The maximum absolute atomic E-state index is 12.3. The van der Waals surface area contributed by atoms with Crippen molar-refractivity contribution in [2.75, 3.05) is 25.2 Å². The first-order chi connectivity index (χ1) is 13.1. The molecule has 0 radical (unpaired) electrons. The predicted octanol–water partition coefficient (Wildman–Crippen LogP) is 3.62. The van der Waals surface area contributed by atoms with Gasteiger partial charge in [-0.3, -0.25) is 9.69 Å². The molecule has 3 aromatic rings. The third-order valence-electron chi connectivity index (χ3n) is 4.49. The van der Waals surface area contributed by atoms with Crippen LogP contribution >= 0.6 is 11.8 Å². The molecule has 1 N–H and O–H groups in total. The second kappa shape index (κ2) is 8.83. The Morgan fingerprint density at radius 2 is 1.89 bits per heavy atom. The Hall–Kier alpha value is -2.64. The number of rotatable bonds is 7. The summed E-state index contributed by atoms with van der Waals surface area (Å²) >= 11 is 1.68. The molecule has 27 heavy (non-hydrogen) atoms. The van der Waals surface area contributed by atoms with E-state index in [1.54, 1.807) is 22.8 Å². The van der Waals surface area contributed by atoms with Gasteiger partial charge in [-0.05, 0) is 62.2 Å². The Labute approximate surface area is 163 Å². The van der Waals surface area contributed by atoms with Crippen LogP contribution in [0.2, 0.25) is 0 Å². The van der Waals surface area contributed by atoms with Gasteiger partial charge in [-0.15, -0.1) is 11.8 Å². The van der Waals surface area contributed by atoms with Crippen LogP contribution in [0.15, 0.2) is 66.1 Å². The minimum absolute atomic E-state index is 0.0273. The first-order valence-electron chi connectivity index (χ1n) is 8.66. The van der Waals surface area contributed by atoms with Gasteiger partial charge in [0.15, 0.2) is 0 Å². The Kier molecular flexibility index (Phi) is 6.26. The van der Waals surface area contributed by atoms with Crippen LogP contribution in [0.4, 0.5) is 5.69 Å². The molecular formula is C20H23N5OS. The van der Waals surface area contributed by atoms with Crippen molar-refractivity contribution in [3.8, 4) is 5.69 Å². The molecule has 6 nitrogen and oxygen atoms in total. The Morgan fingerprint density at radius 1 is 1.19 bits per heavy atom. The van der Waals surface area contributed by atoms with E-state index in [4.69, 9.17) is 0 Å². The van der Waals surface area contributed by atoms with E-state index >= 15 is 0 Å². The molecule has 0 aliphatic heterocycles. The second-order valence-electron chi connectivity index (χ2n) is 6.30. The van der Waals surface area contributed by atoms with Crippen LogP contribution in [0.3, 0.4) is 0 Å². The molecule has 1 aromatic heterocycles. The summed E-state index contributed by atoms with van der Waals surface area (Å²) in [6, 6.07) is 16.1. The van der Waals surface area contributed by atoms with E-state index in [9.17, 15) is 4.79 Å². The van der Waals surface area contributed by atoms with Crippen molar-refractivity contribution < 1.29 is 4.79 Å². The van der Waals surface area contributed by atoms with Crippen molar-refractivity contribution >= 4 is 23.4 Å². The van der Waals surface area contributed by atoms with Gasteiger partial charge in [0, 0.05) is 16.6 Å². The molecule has 0 aliphatic carbocycles. The van der Waals surface area contributed by atoms with E-state index in [0.29, 0.717) is 6.54 Å². The van der Waals surface area contributed by atoms with Gasteiger partial charge in [-0.1, -0.05) is 12.1 Å². The number of benzene rings is 2. The van der Waals surface area contributed by atoms with Crippen LogP contribution in [0.25, 0.3) is 5.69 Å². The number of aromatic nitrogens is 3. The van der Waals surface area contributed by atoms with Crippen LogP contribution in [0.5, 0.6) is 0 Å². The summed E-state index contributed by atoms with van der Waals surface area (Å²) in [6.07, 6.45) is 5.21. The van der Waals surface area contributed by atoms with Gasteiger partial charge >= 0.3 is 0 Å². The molecule has 140 valence electrons. The summed E-state index contributed by atoms with van der Waals surface area (Å²) in [5.74, 6) is -0.0273. The summed E-state index contributed by atoms with van der Waals surface area (Å²) in [6.45, 7) is 2.40. The van der Waals surface area contributed by atoms with Crippen LogP contribution in [0.1, 0.15) is 18.5 Å². The van der Waals surface area contributed by atoms with Crippen molar-refractivity contribution in [1.82, 2.24) is 19.7 Å². The number of carbonyl (C=O) groups excluding carboxylic acids is 1. The van der Waals surface area contributed by atoms with Crippen LogP contribution in [0, 0.1) is 0 Å². The molecule has 1 unspecified atom stereocenters. The molecule has 2 aromatic carbocycles. The number of nitrogens with zero attached hydrogens (tertiary/aromatic N) is 4. The number of hydrogen-bond acceptors (Lipinski definition) is 5. The number of carbonyl (C=O) groups is 1. The van der Waals surface area contributed by atoms with Crippen LogP contribution in [-0.2, 0) is 4.79 Å². The van der Waals surface area contributed by atoms with Crippen molar-refractivity contribution in [2.24, 2.45) is 0 Å². The number of likely N-dealkylation sites (N-methyl/N-ethyl adjacent to an activating group) is 1. The first kappa shape index (κ1) is 19.1. The second-order valence-corrected chi connectivity index (χ2v) is 7.18. The van der Waals surface area contributed by atoms with Gasteiger partial charge in [0.05, 0.1) is 12.2 Å². The normalized spacial score (nSPS) is 12.1. The molecular weight excluding hydrogens is 358 g/mol. The van der Waals surface area contributed by atoms with Crippen molar-refractivity contribution in [2.45, 2.75) is 17.9 Å². The van der Waals surface area contributed by atoms with Gasteiger partial charge in [0.2, 0.25) is 5.91 Å². The number of thioether (sulfide) groups is 1. The van der Waals surface area contributed by atoms with E-state index < -0.39 is 0 Å². The Balaban J connectivity index is 1.57. The fourth-order valence-corrected chi connectivity index (χ4v) is 3.15. The van der Waals surface area contributed by atoms with Gasteiger partial charge in [0.25, 0.3) is 0 Å². The highest BCUT2D eigenvalue weighted by atomic mass is 32.2. The molecule has 0 aliphatic rings. The average molecular weight is 382 g/mol. The van der Waals surface area contributed by atoms with Crippen molar-refractivity contribution in [1.29, 1.82) is 0 Å². The highest BCUT2D eigenvalue weighted by Crippen LogP contribution is 2.21. The lowest BCUT2D eigenvalue weighted by molar-refractivity contribution is -0.117. The lowest BCUT2D eigenvalue weighted by Crippen LogP contribution is -2.32. The number of anilines is 1. The van der Waals surface area contributed by atoms with Crippen LogP contribution in [-0.4, -0.2) is 45.4 Å². The Morgan fingerprint density at radius 3 is 2.48 bits per heavy atom. The summed E-state index contributed by atoms with van der Waals surface area (Å²) in [4.78, 5) is 19.5. The van der Waals surface area contributed by atoms with E-state index in [1.165, 1.54) is 11.2 Å². The first-order valence-corrected chi connectivity index (χ1v) is 9.88. The highest BCUT2D eigenvalue weighted by Gasteiger charge is 2.15. The number of amides is 1. The standard InChI is InChI=1S/C20H23N5OS/c1-15(16-4-8-18(9-5-16)25-14-21-13-22-25)24(2)12-20(26)23-17-6-10-19(27-3)11-7-17/h4-11,13-15H,12H2,1-3H3,(H,23,26). The van der Waals surface area contributed by atoms with Gasteiger partial charge in [0.1, 0.15) is 12.7 Å². The fourth-order valence-electron chi connectivity index (χ4n) is 2.74. The minimum atomic E-state index is -0.0273. The third-order valence-corrected chi connectivity index (χ3v) is 5.23. The number of hydrogen-bond donors (Lipinski definition) is 1. The van der Waals surface area contributed by atoms with E-state index in [2.05, 4.69) is 34.5 Å². The van der Waals surface area contributed by atoms with E-state index in [0.717, 1.165) is 16.9 Å².